The zero-order chi connectivity index (χ0) is 7.23. The van der Waals surface area contributed by atoms with Gasteiger partial charge in [-0.2, -0.15) is 0 Å². The van der Waals surface area contributed by atoms with Crippen molar-refractivity contribution in [3.05, 3.63) is 31.4 Å². The van der Waals surface area contributed by atoms with E-state index in [-0.39, 0.29) is 0 Å². The van der Waals surface area contributed by atoms with Crippen LogP contribution in [0.4, 0.5) is 0 Å². The van der Waals surface area contributed by atoms with Gasteiger partial charge in [0, 0.05) is 13.1 Å². The van der Waals surface area contributed by atoms with E-state index < -0.39 is 0 Å². The smallest absolute Gasteiger partial charge is 0.0173 e. The van der Waals surface area contributed by atoms with Gasteiger partial charge < -0.3 is 4.90 Å². The van der Waals surface area contributed by atoms with E-state index in [1.807, 2.05) is 12.2 Å². The molecule has 1 aliphatic heterocycles. The molecule has 0 atom stereocenters. The molecule has 0 aromatic rings. The van der Waals surface area contributed by atoms with Gasteiger partial charge in [0.25, 0.3) is 0 Å². The minimum absolute atomic E-state index is 1.22. The summed E-state index contributed by atoms with van der Waals surface area (Å²) < 4.78 is 0. The maximum atomic E-state index is 3.60. The van der Waals surface area contributed by atoms with Crippen molar-refractivity contribution >= 4 is 0 Å². The Labute approximate surface area is 63.0 Å². The fourth-order valence-corrected chi connectivity index (χ4v) is 1.14. The summed E-state index contributed by atoms with van der Waals surface area (Å²) in [5, 5.41) is 0. The summed E-state index contributed by atoms with van der Waals surface area (Å²) in [5.74, 6) is 0. The van der Waals surface area contributed by atoms with E-state index in [4.69, 9.17) is 0 Å². The van der Waals surface area contributed by atoms with Crippen molar-refractivity contribution in [2.75, 3.05) is 13.1 Å². The molecule has 0 N–H and O–H groups in total. The Morgan fingerprint density at radius 3 is 2.40 bits per heavy atom. The summed E-state index contributed by atoms with van der Waals surface area (Å²) in [7, 11) is 0. The highest BCUT2D eigenvalue weighted by Gasteiger charge is 2.04. The topological polar surface area (TPSA) is 3.24 Å². The highest BCUT2D eigenvalue weighted by atomic mass is 15.1. The Bertz CT molecular complexity index is 130. The molecule has 1 heterocycles. The molecule has 0 bridgehead atoms. The number of hydrogen-bond acceptors (Lipinski definition) is 1. The molecule has 1 heteroatoms. The van der Waals surface area contributed by atoms with Crippen LogP contribution in [0.5, 0.6) is 0 Å². The third kappa shape index (κ3) is 2.26. The van der Waals surface area contributed by atoms with Crippen LogP contribution in [0.15, 0.2) is 24.4 Å². The zero-order valence-electron chi connectivity index (χ0n) is 6.29. The van der Waals surface area contributed by atoms with E-state index in [0.717, 1.165) is 0 Å². The molecular weight excluding hydrogens is 122 g/mol. The first kappa shape index (κ1) is 7.39. The maximum absolute atomic E-state index is 3.60. The van der Waals surface area contributed by atoms with Crippen molar-refractivity contribution in [1.29, 1.82) is 0 Å². The van der Waals surface area contributed by atoms with Gasteiger partial charge in [-0.1, -0.05) is 12.2 Å². The predicted octanol–water partition coefficient (Wildman–Crippen LogP) is 1.99. The zero-order valence-corrected chi connectivity index (χ0v) is 6.29. The fourth-order valence-electron chi connectivity index (χ4n) is 1.14. The SMILES string of the molecule is [CH2]/C=C/C=C/N1CCCC1. The molecule has 1 rings (SSSR count). The Morgan fingerprint density at radius 1 is 1.10 bits per heavy atom. The lowest BCUT2D eigenvalue weighted by Gasteiger charge is -2.08. The van der Waals surface area contributed by atoms with Crippen molar-refractivity contribution in [2.45, 2.75) is 12.8 Å². The van der Waals surface area contributed by atoms with Crippen molar-refractivity contribution in [2.24, 2.45) is 0 Å². The average Bonchev–Trinajstić information content (AvgIpc) is 2.41. The summed E-state index contributed by atoms with van der Waals surface area (Å²) in [6.45, 7) is 6.05. The minimum Gasteiger partial charge on any atom is -0.377 e. The summed E-state index contributed by atoms with van der Waals surface area (Å²) in [5.41, 5.74) is 0. The monoisotopic (exact) mass is 136 g/mol. The Morgan fingerprint density at radius 2 is 1.80 bits per heavy atom. The van der Waals surface area contributed by atoms with Gasteiger partial charge in [0.2, 0.25) is 0 Å². The van der Waals surface area contributed by atoms with Crippen LogP contribution in [0.25, 0.3) is 0 Å². The Hall–Kier alpha value is -0.720. The van der Waals surface area contributed by atoms with Crippen molar-refractivity contribution < 1.29 is 0 Å². The van der Waals surface area contributed by atoms with Gasteiger partial charge in [-0.25, -0.2) is 0 Å². The van der Waals surface area contributed by atoms with Gasteiger partial charge in [0.05, 0.1) is 0 Å². The molecule has 0 amide bonds. The molecule has 0 unspecified atom stereocenters. The summed E-state index contributed by atoms with van der Waals surface area (Å²) >= 11 is 0. The van der Waals surface area contributed by atoms with Gasteiger partial charge in [-0.15, -0.1) is 0 Å². The van der Waals surface area contributed by atoms with Crippen LogP contribution in [0.3, 0.4) is 0 Å². The van der Waals surface area contributed by atoms with Gasteiger partial charge in [-0.05, 0) is 32.0 Å². The first-order valence-corrected chi connectivity index (χ1v) is 3.80. The molecule has 10 heavy (non-hydrogen) atoms. The number of nitrogens with zero attached hydrogens (tertiary/aromatic N) is 1. The Balaban J connectivity index is 2.22. The minimum atomic E-state index is 1.22. The highest BCUT2D eigenvalue weighted by molar-refractivity contribution is 5.03. The molecule has 0 aliphatic carbocycles. The van der Waals surface area contributed by atoms with Crippen molar-refractivity contribution in [1.82, 2.24) is 4.90 Å². The van der Waals surface area contributed by atoms with E-state index in [9.17, 15) is 0 Å². The fraction of sp³-hybridized carbons (Fsp3) is 0.444. The number of likely N-dealkylation sites (tertiary alicyclic amines) is 1. The van der Waals surface area contributed by atoms with Crippen LogP contribution < -0.4 is 0 Å². The summed E-state index contributed by atoms with van der Waals surface area (Å²) in [6, 6.07) is 0. The quantitative estimate of drug-likeness (QED) is 0.525. The molecule has 0 aromatic heterocycles. The molecule has 0 saturated carbocycles. The van der Waals surface area contributed by atoms with Crippen LogP contribution in [0.1, 0.15) is 12.8 Å². The second-order valence-electron chi connectivity index (χ2n) is 2.51. The van der Waals surface area contributed by atoms with E-state index in [1.54, 1.807) is 6.08 Å². The van der Waals surface area contributed by atoms with E-state index in [0.29, 0.717) is 0 Å². The molecular formula is C9H14N. The van der Waals surface area contributed by atoms with Gasteiger partial charge in [-0.3, -0.25) is 0 Å². The number of allylic oxidation sites excluding steroid dienone is 3. The summed E-state index contributed by atoms with van der Waals surface area (Å²) in [6.07, 6.45) is 10.6. The van der Waals surface area contributed by atoms with Crippen LogP contribution in [-0.2, 0) is 0 Å². The first-order valence-electron chi connectivity index (χ1n) is 3.80. The predicted molar refractivity (Wildman–Crippen MR) is 44.4 cm³/mol. The molecule has 0 aromatic carbocycles. The standard InChI is InChI=1S/C9H14N/c1-2-3-4-7-10-8-5-6-9-10/h2-4,7H,1,5-6,8-9H2/b3-2+,7-4+. The second-order valence-corrected chi connectivity index (χ2v) is 2.51. The average molecular weight is 136 g/mol. The lowest BCUT2D eigenvalue weighted by Crippen LogP contribution is -2.09. The molecule has 1 saturated heterocycles. The first-order chi connectivity index (χ1) is 4.93. The third-order valence-corrected chi connectivity index (χ3v) is 1.68. The number of hydrogen-bond donors (Lipinski definition) is 0. The van der Waals surface area contributed by atoms with Crippen LogP contribution in [-0.4, -0.2) is 18.0 Å². The summed E-state index contributed by atoms with van der Waals surface area (Å²) in [4.78, 5) is 2.33. The number of rotatable bonds is 2. The lowest BCUT2D eigenvalue weighted by atomic mass is 10.4. The molecule has 1 aliphatic rings. The Kier molecular flexibility index (Phi) is 3.07. The highest BCUT2D eigenvalue weighted by Crippen LogP contribution is 2.06. The molecule has 1 radical (unpaired) electrons. The van der Waals surface area contributed by atoms with Gasteiger partial charge in [0.1, 0.15) is 0 Å². The van der Waals surface area contributed by atoms with E-state index in [1.165, 1.54) is 25.9 Å². The normalized spacial score (nSPS) is 19.9. The van der Waals surface area contributed by atoms with Crippen LogP contribution >= 0.6 is 0 Å². The molecule has 1 fully saturated rings. The van der Waals surface area contributed by atoms with E-state index >= 15 is 0 Å². The van der Waals surface area contributed by atoms with Crippen LogP contribution in [0, 0.1) is 6.92 Å². The van der Waals surface area contributed by atoms with E-state index in [2.05, 4.69) is 18.0 Å². The largest absolute Gasteiger partial charge is 0.377 e. The van der Waals surface area contributed by atoms with Crippen molar-refractivity contribution in [3.63, 3.8) is 0 Å². The van der Waals surface area contributed by atoms with Crippen molar-refractivity contribution in [3.8, 4) is 0 Å². The maximum Gasteiger partial charge on any atom is 0.0173 e. The van der Waals surface area contributed by atoms with Gasteiger partial charge >= 0.3 is 0 Å². The molecule has 0 spiro atoms. The third-order valence-electron chi connectivity index (χ3n) is 1.68. The second kappa shape index (κ2) is 4.15. The van der Waals surface area contributed by atoms with Gasteiger partial charge in [0.15, 0.2) is 0 Å². The molecule has 55 valence electrons. The van der Waals surface area contributed by atoms with Crippen LogP contribution in [0.2, 0.25) is 0 Å². The molecule has 1 nitrogen and oxygen atoms in total. The lowest BCUT2D eigenvalue weighted by molar-refractivity contribution is 0.468.